The van der Waals surface area contributed by atoms with Crippen molar-refractivity contribution in [1.29, 1.82) is 0 Å². The summed E-state index contributed by atoms with van der Waals surface area (Å²) in [7, 11) is 5.36. The normalized spacial score (nSPS) is 17.4. The van der Waals surface area contributed by atoms with Crippen molar-refractivity contribution in [2.24, 2.45) is 4.99 Å². The molecule has 1 aromatic carbocycles. The molecule has 1 aromatic rings. The lowest BCUT2D eigenvalue weighted by Crippen LogP contribution is -2.41. The van der Waals surface area contributed by atoms with Crippen molar-refractivity contribution < 1.29 is 4.79 Å². The van der Waals surface area contributed by atoms with Crippen LogP contribution in [0.15, 0.2) is 29.3 Å². The monoisotopic (exact) mass is 515 g/mol. The van der Waals surface area contributed by atoms with Crippen molar-refractivity contribution in [2.45, 2.75) is 45.1 Å². The van der Waals surface area contributed by atoms with Crippen molar-refractivity contribution in [2.75, 3.05) is 47.3 Å². The minimum Gasteiger partial charge on any atom is -0.356 e. The molecule has 1 aliphatic heterocycles. The van der Waals surface area contributed by atoms with Gasteiger partial charge in [0, 0.05) is 52.4 Å². The van der Waals surface area contributed by atoms with Crippen molar-refractivity contribution in [1.82, 2.24) is 20.4 Å². The second-order valence-corrected chi connectivity index (χ2v) is 7.81. The Morgan fingerprint density at radius 2 is 2.00 bits per heavy atom. The van der Waals surface area contributed by atoms with Gasteiger partial charge in [-0.1, -0.05) is 18.6 Å². The number of carbonyl (C=O) groups excluding carboxylic acids is 1. The van der Waals surface area contributed by atoms with E-state index in [0.29, 0.717) is 0 Å². The minimum absolute atomic E-state index is 0. The van der Waals surface area contributed by atoms with E-state index in [1.807, 2.05) is 18.2 Å². The Balaban J connectivity index is 0.00000420. The summed E-state index contributed by atoms with van der Waals surface area (Å²) < 4.78 is 0. The molecule has 1 heterocycles. The van der Waals surface area contributed by atoms with Crippen LogP contribution >= 0.6 is 24.0 Å². The average Bonchev–Trinajstić information content (AvgIpc) is 2.70. The molecule has 6 nitrogen and oxygen atoms in total. The highest BCUT2D eigenvalue weighted by Gasteiger charge is 2.17. The third-order valence-corrected chi connectivity index (χ3v) is 5.36. The molecule has 1 atom stereocenters. The van der Waals surface area contributed by atoms with Gasteiger partial charge in [-0.15, -0.1) is 24.0 Å². The number of piperidine rings is 1. The molecule has 0 aromatic heterocycles. The maximum Gasteiger partial charge on any atom is 0.253 e. The van der Waals surface area contributed by atoms with Crippen LogP contribution in [-0.2, 0) is 6.42 Å². The van der Waals surface area contributed by atoms with Gasteiger partial charge in [0.25, 0.3) is 5.91 Å². The van der Waals surface area contributed by atoms with Crippen LogP contribution in [0.4, 0.5) is 0 Å². The van der Waals surface area contributed by atoms with Crippen molar-refractivity contribution in [3.63, 3.8) is 0 Å². The van der Waals surface area contributed by atoms with E-state index in [0.717, 1.165) is 55.6 Å². The number of rotatable bonds is 8. The number of hydrogen-bond donors (Lipinski definition) is 2. The number of amides is 1. The molecule has 0 saturated carbocycles. The zero-order valence-corrected chi connectivity index (χ0v) is 20.7. The minimum atomic E-state index is 0. The van der Waals surface area contributed by atoms with E-state index in [1.54, 1.807) is 26.0 Å². The molecular formula is C22H38IN5O. The van der Waals surface area contributed by atoms with Gasteiger partial charge < -0.3 is 20.4 Å². The van der Waals surface area contributed by atoms with Crippen LogP contribution in [0.25, 0.3) is 0 Å². The van der Waals surface area contributed by atoms with Gasteiger partial charge in [-0.25, -0.2) is 0 Å². The first-order valence-corrected chi connectivity index (χ1v) is 10.5. The fraction of sp³-hybridized carbons (Fsp3) is 0.636. The summed E-state index contributed by atoms with van der Waals surface area (Å²) >= 11 is 0. The van der Waals surface area contributed by atoms with Gasteiger partial charge in [-0.2, -0.15) is 0 Å². The SMILES string of the molecule is CN=C(NCCCN1CCCCC1C)NCCc1cccc(C(=O)N(C)C)c1.I. The lowest BCUT2D eigenvalue weighted by atomic mass is 10.0. The molecule has 29 heavy (non-hydrogen) atoms. The Hall–Kier alpha value is -1.35. The molecule has 164 valence electrons. The maximum absolute atomic E-state index is 12.1. The molecule has 1 fully saturated rings. The number of halogens is 1. The van der Waals surface area contributed by atoms with Gasteiger partial charge >= 0.3 is 0 Å². The van der Waals surface area contributed by atoms with E-state index in [-0.39, 0.29) is 29.9 Å². The molecule has 2 rings (SSSR count). The molecule has 0 bridgehead atoms. The number of hydrogen-bond acceptors (Lipinski definition) is 3. The summed E-state index contributed by atoms with van der Waals surface area (Å²) in [6.45, 7) is 6.44. The molecule has 1 saturated heterocycles. The lowest BCUT2D eigenvalue weighted by Gasteiger charge is -2.33. The largest absolute Gasteiger partial charge is 0.356 e. The highest BCUT2D eigenvalue weighted by Crippen LogP contribution is 2.16. The topological polar surface area (TPSA) is 60.0 Å². The molecule has 0 spiro atoms. The highest BCUT2D eigenvalue weighted by molar-refractivity contribution is 14.0. The Kier molecular flexibility index (Phi) is 12.2. The fourth-order valence-electron chi connectivity index (χ4n) is 3.64. The van der Waals surface area contributed by atoms with Crippen LogP contribution in [0.5, 0.6) is 0 Å². The van der Waals surface area contributed by atoms with Gasteiger partial charge in [0.15, 0.2) is 5.96 Å². The number of nitrogens with zero attached hydrogens (tertiary/aromatic N) is 3. The number of carbonyl (C=O) groups is 1. The van der Waals surface area contributed by atoms with Crippen molar-refractivity contribution >= 4 is 35.8 Å². The second kappa shape index (κ2) is 13.8. The second-order valence-electron chi connectivity index (χ2n) is 7.81. The zero-order chi connectivity index (χ0) is 20.4. The molecule has 7 heteroatoms. The van der Waals surface area contributed by atoms with E-state index in [9.17, 15) is 4.79 Å². The van der Waals surface area contributed by atoms with Crippen molar-refractivity contribution in [3.05, 3.63) is 35.4 Å². The smallest absolute Gasteiger partial charge is 0.253 e. The van der Waals surface area contributed by atoms with Crippen LogP contribution in [0.1, 0.15) is 48.5 Å². The zero-order valence-electron chi connectivity index (χ0n) is 18.4. The average molecular weight is 515 g/mol. The van der Waals surface area contributed by atoms with Crippen LogP contribution < -0.4 is 10.6 Å². The first-order chi connectivity index (χ1) is 13.5. The molecule has 2 N–H and O–H groups in total. The van der Waals surface area contributed by atoms with Crippen LogP contribution in [0.2, 0.25) is 0 Å². The van der Waals surface area contributed by atoms with Gasteiger partial charge in [0.2, 0.25) is 0 Å². The maximum atomic E-state index is 12.1. The van der Waals surface area contributed by atoms with Crippen LogP contribution in [0.3, 0.4) is 0 Å². The number of benzene rings is 1. The number of guanidine groups is 1. The first-order valence-electron chi connectivity index (χ1n) is 10.5. The predicted molar refractivity (Wildman–Crippen MR) is 132 cm³/mol. The predicted octanol–water partition coefficient (Wildman–Crippen LogP) is 2.98. The van der Waals surface area contributed by atoms with Gasteiger partial charge in [0.1, 0.15) is 0 Å². The van der Waals surface area contributed by atoms with Gasteiger partial charge in [-0.05, 0) is 56.8 Å². The molecule has 1 amide bonds. The van der Waals surface area contributed by atoms with E-state index >= 15 is 0 Å². The van der Waals surface area contributed by atoms with Crippen LogP contribution in [-0.4, -0.2) is 75.0 Å². The lowest BCUT2D eigenvalue weighted by molar-refractivity contribution is 0.0827. The van der Waals surface area contributed by atoms with Gasteiger partial charge in [0.05, 0.1) is 0 Å². The standard InChI is InChI=1S/C22H37N5O.HI/c1-18-9-5-6-15-27(18)16-8-13-24-22(23-2)25-14-12-19-10-7-11-20(17-19)21(28)26(3)4;/h7,10-11,17-18H,5-6,8-9,12-16H2,1-4H3,(H2,23,24,25);1H. The number of aliphatic imine (C=N–C) groups is 1. The number of nitrogens with one attached hydrogen (secondary N) is 2. The summed E-state index contributed by atoms with van der Waals surface area (Å²) in [4.78, 5) is 20.6. The summed E-state index contributed by atoms with van der Waals surface area (Å²) in [5.41, 5.74) is 1.88. The summed E-state index contributed by atoms with van der Waals surface area (Å²) in [5.74, 6) is 0.877. The number of likely N-dealkylation sites (tertiary alicyclic amines) is 1. The van der Waals surface area contributed by atoms with Crippen LogP contribution in [0, 0.1) is 0 Å². The Morgan fingerprint density at radius 3 is 2.69 bits per heavy atom. The summed E-state index contributed by atoms with van der Waals surface area (Å²) in [6.07, 6.45) is 6.01. The quantitative estimate of drug-likeness (QED) is 0.242. The first kappa shape index (κ1) is 25.7. The van der Waals surface area contributed by atoms with E-state index in [4.69, 9.17) is 0 Å². The molecule has 1 aliphatic rings. The molecule has 0 aliphatic carbocycles. The van der Waals surface area contributed by atoms with Gasteiger partial charge in [-0.3, -0.25) is 9.79 Å². The fourth-order valence-corrected chi connectivity index (χ4v) is 3.64. The molecular weight excluding hydrogens is 477 g/mol. The molecule has 0 radical (unpaired) electrons. The van der Waals surface area contributed by atoms with Crippen molar-refractivity contribution in [3.8, 4) is 0 Å². The Bertz CT molecular complexity index is 650. The third kappa shape index (κ3) is 8.90. The highest BCUT2D eigenvalue weighted by atomic mass is 127. The Labute approximate surface area is 193 Å². The summed E-state index contributed by atoms with van der Waals surface area (Å²) in [6, 6.07) is 8.56. The van der Waals surface area contributed by atoms with E-state index < -0.39 is 0 Å². The van der Waals surface area contributed by atoms with E-state index in [2.05, 4.69) is 33.5 Å². The summed E-state index contributed by atoms with van der Waals surface area (Å²) in [5, 5.41) is 6.77. The third-order valence-electron chi connectivity index (χ3n) is 5.36. The molecule has 1 unspecified atom stereocenters. The van der Waals surface area contributed by atoms with E-state index in [1.165, 1.54) is 25.8 Å². The Morgan fingerprint density at radius 1 is 1.24 bits per heavy atom.